The first kappa shape index (κ1) is 26.5. The lowest BCUT2D eigenvalue weighted by Crippen LogP contribution is -2.57. The summed E-state index contributed by atoms with van der Waals surface area (Å²) in [6, 6.07) is 44.2. The maximum atomic E-state index is 13.5. The number of hydrogen-bond acceptors (Lipinski definition) is 6. The molecule has 0 spiro atoms. The predicted molar refractivity (Wildman–Crippen MR) is 172 cm³/mol. The second kappa shape index (κ2) is 11.5. The Hall–Kier alpha value is -6.42. The number of hydrogen-bond donors (Lipinski definition) is 2. The van der Waals surface area contributed by atoms with Crippen LogP contribution in [-0.2, 0) is 0 Å². The van der Waals surface area contributed by atoms with Gasteiger partial charge in [0.15, 0.2) is 11.7 Å². The number of rotatable bonds is 6. The summed E-state index contributed by atoms with van der Waals surface area (Å²) >= 11 is 0. The van der Waals surface area contributed by atoms with E-state index in [0.717, 1.165) is 11.1 Å². The minimum absolute atomic E-state index is 0.338. The van der Waals surface area contributed by atoms with Gasteiger partial charge in [0.1, 0.15) is 0 Å². The molecule has 5 aromatic rings. The van der Waals surface area contributed by atoms with Crippen LogP contribution < -0.4 is 30.9 Å². The van der Waals surface area contributed by atoms with Gasteiger partial charge in [-0.1, -0.05) is 97.1 Å². The first-order valence-corrected chi connectivity index (χ1v) is 14.0. The molecule has 5 aromatic carbocycles. The second-order valence-electron chi connectivity index (χ2n) is 9.90. The summed E-state index contributed by atoms with van der Waals surface area (Å²) in [6.45, 7) is 0. The van der Waals surface area contributed by atoms with Crippen LogP contribution in [0.5, 0.6) is 0 Å². The molecular weight excluding hydrogens is 552 g/mol. The molecule has 0 bridgehead atoms. The average molecular weight is 579 g/mol. The Balaban J connectivity index is 1.24. The van der Waals surface area contributed by atoms with Gasteiger partial charge in [0.25, 0.3) is 0 Å². The largest absolute Gasteiger partial charge is 0.368 e. The molecule has 4 amide bonds. The number of anilines is 4. The molecule has 2 N–H and O–H groups in total. The normalized spacial score (nSPS) is 14.9. The van der Waals surface area contributed by atoms with Crippen molar-refractivity contribution in [3.8, 4) is 0 Å². The quantitative estimate of drug-likeness (QED) is 0.247. The van der Waals surface area contributed by atoms with Crippen molar-refractivity contribution in [2.24, 2.45) is 10.2 Å². The van der Waals surface area contributed by atoms with E-state index in [1.165, 1.54) is 20.0 Å². The monoisotopic (exact) mass is 578 g/mol. The number of hydrazine groups is 2. The maximum Gasteiger partial charge on any atom is 0.368 e. The standard InChI is InChI=1S/C34H26N8O2/c43-33-39(27-13-5-1-6-14-27)35-31(36-40(33)28-15-7-2-8-16-28)25-21-23-26(24-22-25)32-37-41(29-17-9-3-10-18-29)34(44)42(38-32)30-19-11-4-12-20-30/h1-24H,(H,35,36)(H,37,38). The number of nitrogens with one attached hydrogen (secondary N) is 2. The van der Waals surface area contributed by atoms with E-state index in [-0.39, 0.29) is 12.1 Å². The van der Waals surface area contributed by atoms with Crippen LogP contribution in [0.4, 0.5) is 32.3 Å². The van der Waals surface area contributed by atoms with Gasteiger partial charge in [0.2, 0.25) is 0 Å². The molecule has 0 aromatic heterocycles. The van der Waals surface area contributed by atoms with Crippen LogP contribution in [0.1, 0.15) is 11.1 Å². The summed E-state index contributed by atoms with van der Waals surface area (Å²) in [5.41, 5.74) is 10.5. The van der Waals surface area contributed by atoms with E-state index in [4.69, 9.17) is 0 Å². The molecule has 2 aliphatic heterocycles. The lowest BCUT2D eigenvalue weighted by atomic mass is 10.1. The lowest BCUT2D eigenvalue weighted by molar-refractivity contribution is 0.248. The van der Waals surface area contributed by atoms with Crippen LogP contribution in [0.3, 0.4) is 0 Å². The minimum atomic E-state index is -0.338. The third-order valence-corrected chi connectivity index (χ3v) is 7.04. The number of carbonyl (C=O) groups excluding carboxylic acids is 2. The van der Waals surface area contributed by atoms with Crippen LogP contribution in [0, 0.1) is 0 Å². The number of benzene rings is 5. The van der Waals surface area contributed by atoms with Gasteiger partial charge in [-0.2, -0.15) is 10.0 Å². The summed E-state index contributed by atoms with van der Waals surface area (Å²) in [6.07, 6.45) is 0. The number of urea groups is 2. The number of nitrogens with zero attached hydrogens (tertiary/aromatic N) is 6. The van der Waals surface area contributed by atoms with Crippen molar-refractivity contribution < 1.29 is 9.59 Å². The molecular formula is C34H26N8O2. The van der Waals surface area contributed by atoms with E-state index in [0.29, 0.717) is 34.4 Å². The van der Waals surface area contributed by atoms with Gasteiger partial charge in [0, 0.05) is 11.1 Å². The van der Waals surface area contributed by atoms with Gasteiger partial charge in [-0.25, -0.2) is 19.6 Å². The third-order valence-electron chi connectivity index (χ3n) is 7.04. The summed E-state index contributed by atoms with van der Waals surface area (Å²) in [4.78, 5) is 27.0. The summed E-state index contributed by atoms with van der Waals surface area (Å²) in [7, 11) is 0. The molecule has 10 heteroatoms. The van der Waals surface area contributed by atoms with E-state index in [9.17, 15) is 9.59 Å². The Morgan fingerprint density at radius 3 is 1.00 bits per heavy atom. The van der Waals surface area contributed by atoms with Crippen molar-refractivity contribution in [2.75, 3.05) is 20.0 Å². The maximum absolute atomic E-state index is 13.5. The SMILES string of the molecule is O=C1N(c2ccccc2)N=C(c2ccc(C3=NN(c4ccccc4)C(=O)N(c4ccccc4)N3)cc2)NN1c1ccccc1. The zero-order chi connectivity index (χ0) is 29.9. The molecule has 0 saturated carbocycles. The molecule has 0 aliphatic carbocycles. The molecule has 2 aliphatic rings. The number of hydrazone groups is 2. The topological polar surface area (TPSA) is 95.9 Å². The van der Waals surface area contributed by atoms with E-state index < -0.39 is 0 Å². The van der Waals surface area contributed by atoms with Gasteiger partial charge < -0.3 is 0 Å². The van der Waals surface area contributed by atoms with Gasteiger partial charge in [-0.3, -0.25) is 10.9 Å². The Bertz CT molecular complexity index is 1710. The van der Waals surface area contributed by atoms with Crippen molar-refractivity contribution in [1.29, 1.82) is 0 Å². The number of amides is 4. The highest BCUT2D eigenvalue weighted by Crippen LogP contribution is 2.25. The molecule has 0 radical (unpaired) electrons. The van der Waals surface area contributed by atoms with Crippen LogP contribution in [0.2, 0.25) is 0 Å². The van der Waals surface area contributed by atoms with Crippen LogP contribution in [0.15, 0.2) is 156 Å². The fourth-order valence-electron chi connectivity index (χ4n) is 4.84. The minimum Gasteiger partial charge on any atom is -0.271 e. The fourth-order valence-corrected chi connectivity index (χ4v) is 4.84. The van der Waals surface area contributed by atoms with Crippen molar-refractivity contribution in [1.82, 2.24) is 10.9 Å². The number of para-hydroxylation sites is 4. The molecule has 0 fully saturated rings. The van der Waals surface area contributed by atoms with Crippen molar-refractivity contribution in [3.63, 3.8) is 0 Å². The molecule has 214 valence electrons. The van der Waals surface area contributed by atoms with Gasteiger partial charge in [-0.05, 0) is 48.5 Å². The van der Waals surface area contributed by atoms with Crippen molar-refractivity contribution in [2.45, 2.75) is 0 Å². The Labute approximate surface area is 253 Å². The lowest BCUT2D eigenvalue weighted by Gasteiger charge is -2.34. The molecule has 2 heterocycles. The Morgan fingerprint density at radius 1 is 0.386 bits per heavy atom. The first-order valence-electron chi connectivity index (χ1n) is 14.0. The summed E-state index contributed by atoms with van der Waals surface area (Å²) in [5, 5.41) is 15.0. The molecule has 44 heavy (non-hydrogen) atoms. The van der Waals surface area contributed by atoms with E-state index >= 15 is 0 Å². The Kier molecular flexibility index (Phi) is 6.89. The van der Waals surface area contributed by atoms with E-state index in [2.05, 4.69) is 21.1 Å². The molecule has 0 unspecified atom stereocenters. The van der Waals surface area contributed by atoms with Crippen LogP contribution in [-0.4, -0.2) is 23.7 Å². The zero-order valence-electron chi connectivity index (χ0n) is 23.4. The highest BCUT2D eigenvalue weighted by atomic mass is 16.2. The van der Waals surface area contributed by atoms with Crippen molar-refractivity contribution in [3.05, 3.63) is 157 Å². The van der Waals surface area contributed by atoms with Gasteiger partial charge in [-0.15, -0.1) is 10.2 Å². The molecule has 7 rings (SSSR count). The number of amidine groups is 2. The molecule has 0 saturated heterocycles. The van der Waals surface area contributed by atoms with Crippen molar-refractivity contribution >= 4 is 46.5 Å². The van der Waals surface area contributed by atoms with Crippen LogP contribution in [0.25, 0.3) is 0 Å². The molecule has 0 atom stereocenters. The highest BCUT2D eigenvalue weighted by molar-refractivity contribution is 6.15. The smallest absolute Gasteiger partial charge is 0.271 e. The van der Waals surface area contributed by atoms with Gasteiger partial charge >= 0.3 is 12.1 Å². The Morgan fingerprint density at radius 2 is 0.682 bits per heavy atom. The number of carbonyl (C=O) groups is 2. The van der Waals surface area contributed by atoms with E-state index in [1.54, 1.807) is 0 Å². The average Bonchev–Trinajstić information content (AvgIpc) is 3.10. The van der Waals surface area contributed by atoms with E-state index in [1.807, 2.05) is 146 Å². The second-order valence-corrected chi connectivity index (χ2v) is 9.90. The van der Waals surface area contributed by atoms with Gasteiger partial charge in [0.05, 0.1) is 22.7 Å². The third kappa shape index (κ3) is 5.07. The fraction of sp³-hybridized carbons (Fsp3) is 0. The highest BCUT2D eigenvalue weighted by Gasteiger charge is 2.32. The van der Waals surface area contributed by atoms with Crippen LogP contribution >= 0.6 is 0 Å². The first-order chi connectivity index (χ1) is 21.7. The summed E-state index contributed by atoms with van der Waals surface area (Å²) in [5.74, 6) is 0.962. The zero-order valence-corrected chi connectivity index (χ0v) is 23.4. The summed E-state index contributed by atoms with van der Waals surface area (Å²) < 4.78 is 0. The predicted octanol–water partition coefficient (Wildman–Crippen LogP) is 6.31. The molecule has 10 nitrogen and oxygen atoms in total.